The Morgan fingerprint density at radius 3 is 2.77 bits per heavy atom. The molecule has 1 fully saturated rings. The van der Waals surface area contributed by atoms with Crippen LogP contribution in [-0.2, 0) is 4.74 Å². The van der Waals surface area contributed by atoms with Gasteiger partial charge in [-0.2, -0.15) is 5.26 Å². The van der Waals surface area contributed by atoms with Crippen molar-refractivity contribution in [2.45, 2.75) is 19.3 Å². The first-order chi connectivity index (χ1) is 6.36. The molecule has 0 bridgehead atoms. The summed E-state index contributed by atoms with van der Waals surface area (Å²) in [5.41, 5.74) is 0. The topological polar surface area (TPSA) is 36.3 Å². The summed E-state index contributed by atoms with van der Waals surface area (Å²) >= 11 is 0. The second-order valence-electron chi connectivity index (χ2n) is 3.64. The summed E-state index contributed by atoms with van der Waals surface area (Å²) in [5.74, 6) is 0.899. The van der Waals surface area contributed by atoms with Gasteiger partial charge in [0.25, 0.3) is 0 Å². The molecule has 13 heavy (non-hydrogen) atoms. The zero-order valence-electron chi connectivity index (χ0n) is 8.33. The summed E-state index contributed by atoms with van der Waals surface area (Å²) in [5, 5.41) is 8.48. The maximum Gasteiger partial charge on any atom is 0.0635 e. The minimum atomic E-state index is 0.635. The molecule has 1 rings (SSSR count). The van der Waals surface area contributed by atoms with Crippen LogP contribution in [0.15, 0.2) is 0 Å². The van der Waals surface area contributed by atoms with Crippen LogP contribution in [0.25, 0.3) is 0 Å². The van der Waals surface area contributed by atoms with Gasteiger partial charge in [-0.1, -0.05) is 0 Å². The number of ether oxygens (including phenoxy) is 1. The normalized spacial score (nSPS) is 16.1. The molecular weight excluding hydrogens is 164 g/mol. The molecule has 3 nitrogen and oxygen atoms in total. The zero-order chi connectivity index (χ0) is 9.52. The Bertz CT molecular complexity index is 172. The van der Waals surface area contributed by atoms with E-state index in [1.807, 2.05) is 0 Å². The lowest BCUT2D eigenvalue weighted by Gasteiger charge is -2.20. The highest BCUT2D eigenvalue weighted by molar-refractivity contribution is 4.79. The lowest BCUT2D eigenvalue weighted by molar-refractivity contribution is 0.146. The van der Waals surface area contributed by atoms with Gasteiger partial charge in [0.15, 0.2) is 0 Å². The first-order valence-electron chi connectivity index (χ1n) is 4.95. The summed E-state index contributed by atoms with van der Waals surface area (Å²) in [6.07, 6.45) is 3.38. The molecule has 0 aromatic heterocycles. The van der Waals surface area contributed by atoms with Gasteiger partial charge in [0.05, 0.1) is 12.7 Å². The molecule has 0 aliphatic heterocycles. The first kappa shape index (κ1) is 10.5. The van der Waals surface area contributed by atoms with E-state index in [0.717, 1.165) is 32.2 Å². The third kappa shape index (κ3) is 4.87. The number of nitrogens with zero attached hydrogens (tertiary/aromatic N) is 2. The van der Waals surface area contributed by atoms with Crippen molar-refractivity contribution < 1.29 is 4.74 Å². The molecule has 74 valence electrons. The van der Waals surface area contributed by atoms with Gasteiger partial charge in [0.2, 0.25) is 0 Å². The maximum atomic E-state index is 8.48. The van der Waals surface area contributed by atoms with Gasteiger partial charge in [-0.25, -0.2) is 0 Å². The van der Waals surface area contributed by atoms with E-state index in [9.17, 15) is 0 Å². The van der Waals surface area contributed by atoms with E-state index >= 15 is 0 Å². The molecule has 0 heterocycles. The Hall–Kier alpha value is -0.590. The van der Waals surface area contributed by atoms with Gasteiger partial charge in [-0.15, -0.1) is 0 Å². The Balaban J connectivity index is 2.12. The van der Waals surface area contributed by atoms with Crippen molar-refractivity contribution in [2.24, 2.45) is 5.92 Å². The Morgan fingerprint density at radius 1 is 1.46 bits per heavy atom. The van der Waals surface area contributed by atoms with Crippen LogP contribution in [0.5, 0.6) is 0 Å². The van der Waals surface area contributed by atoms with Crippen LogP contribution < -0.4 is 0 Å². The van der Waals surface area contributed by atoms with E-state index in [-0.39, 0.29) is 0 Å². The van der Waals surface area contributed by atoms with Crippen LogP contribution in [0.1, 0.15) is 19.3 Å². The van der Waals surface area contributed by atoms with Crippen molar-refractivity contribution in [2.75, 3.05) is 33.4 Å². The molecule has 0 radical (unpaired) electrons. The average molecular weight is 182 g/mol. The molecular formula is C10H18N2O. The molecule has 0 spiro atoms. The van der Waals surface area contributed by atoms with E-state index in [2.05, 4.69) is 11.0 Å². The third-order valence-corrected chi connectivity index (χ3v) is 2.36. The molecule has 0 amide bonds. The fourth-order valence-corrected chi connectivity index (χ4v) is 1.39. The summed E-state index contributed by atoms with van der Waals surface area (Å²) in [7, 11) is 1.72. The standard InChI is InChI=1S/C10H18N2O/c1-13-8-7-12(6-2-5-11)9-10-3-4-10/h10H,2-4,6-9H2,1H3. The minimum absolute atomic E-state index is 0.635. The second kappa shape index (κ2) is 5.95. The van der Waals surface area contributed by atoms with Crippen molar-refractivity contribution in [3.05, 3.63) is 0 Å². The Kier molecular flexibility index (Phi) is 4.81. The van der Waals surface area contributed by atoms with E-state index < -0.39 is 0 Å². The zero-order valence-corrected chi connectivity index (χ0v) is 8.33. The molecule has 0 aromatic carbocycles. The average Bonchev–Trinajstić information content (AvgIpc) is 2.93. The van der Waals surface area contributed by atoms with Gasteiger partial charge in [-0.05, 0) is 18.8 Å². The quantitative estimate of drug-likeness (QED) is 0.594. The summed E-state index contributed by atoms with van der Waals surface area (Å²) in [6, 6.07) is 2.19. The number of hydrogen-bond acceptors (Lipinski definition) is 3. The summed E-state index contributed by atoms with van der Waals surface area (Å²) in [6.45, 7) is 3.80. The lowest BCUT2D eigenvalue weighted by atomic mass is 10.3. The van der Waals surface area contributed by atoms with Crippen LogP contribution in [0.3, 0.4) is 0 Å². The monoisotopic (exact) mass is 182 g/mol. The summed E-state index contributed by atoms with van der Waals surface area (Å²) < 4.78 is 5.03. The third-order valence-electron chi connectivity index (χ3n) is 2.36. The highest BCUT2D eigenvalue weighted by atomic mass is 16.5. The second-order valence-corrected chi connectivity index (χ2v) is 3.64. The number of rotatable bonds is 7. The molecule has 0 unspecified atom stereocenters. The molecule has 0 atom stereocenters. The van der Waals surface area contributed by atoms with Crippen molar-refractivity contribution in [1.82, 2.24) is 4.90 Å². The van der Waals surface area contributed by atoms with E-state index in [0.29, 0.717) is 6.42 Å². The predicted molar refractivity (Wildman–Crippen MR) is 51.3 cm³/mol. The molecule has 1 aliphatic carbocycles. The van der Waals surface area contributed by atoms with Crippen molar-refractivity contribution in [1.29, 1.82) is 5.26 Å². The van der Waals surface area contributed by atoms with Crippen LogP contribution >= 0.6 is 0 Å². The number of methoxy groups -OCH3 is 1. The number of nitriles is 1. The van der Waals surface area contributed by atoms with E-state index in [4.69, 9.17) is 10.00 Å². The van der Waals surface area contributed by atoms with Gasteiger partial charge in [0, 0.05) is 33.2 Å². The predicted octanol–water partition coefficient (Wildman–Crippen LogP) is 1.26. The van der Waals surface area contributed by atoms with Crippen LogP contribution in [-0.4, -0.2) is 38.3 Å². The molecule has 1 saturated carbocycles. The van der Waals surface area contributed by atoms with Crippen molar-refractivity contribution >= 4 is 0 Å². The van der Waals surface area contributed by atoms with Gasteiger partial charge in [-0.3, -0.25) is 4.90 Å². The van der Waals surface area contributed by atoms with Crippen molar-refractivity contribution in [3.8, 4) is 6.07 Å². The molecule has 0 aromatic rings. The fourth-order valence-electron chi connectivity index (χ4n) is 1.39. The van der Waals surface area contributed by atoms with Crippen LogP contribution in [0.2, 0.25) is 0 Å². The van der Waals surface area contributed by atoms with Gasteiger partial charge >= 0.3 is 0 Å². The maximum absolute atomic E-state index is 8.48. The highest BCUT2D eigenvalue weighted by Crippen LogP contribution is 2.29. The fraction of sp³-hybridized carbons (Fsp3) is 0.900. The van der Waals surface area contributed by atoms with E-state index in [1.165, 1.54) is 12.8 Å². The van der Waals surface area contributed by atoms with Crippen LogP contribution in [0, 0.1) is 17.2 Å². The largest absolute Gasteiger partial charge is 0.383 e. The first-order valence-corrected chi connectivity index (χ1v) is 4.95. The lowest BCUT2D eigenvalue weighted by Crippen LogP contribution is -2.30. The highest BCUT2D eigenvalue weighted by Gasteiger charge is 2.23. The minimum Gasteiger partial charge on any atom is -0.383 e. The van der Waals surface area contributed by atoms with Gasteiger partial charge < -0.3 is 4.74 Å². The molecule has 3 heteroatoms. The Labute approximate surface area is 80.3 Å². The molecule has 0 N–H and O–H groups in total. The molecule has 0 saturated heterocycles. The smallest absolute Gasteiger partial charge is 0.0635 e. The summed E-state index contributed by atoms with van der Waals surface area (Å²) in [4.78, 5) is 2.34. The van der Waals surface area contributed by atoms with E-state index in [1.54, 1.807) is 7.11 Å². The Morgan fingerprint density at radius 2 is 2.23 bits per heavy atom. The van der Waals surface area contributed by atoms with Crippen LogP contribution in [0.4, 0.5) is 0 Å². The van der Waals surface area contributed by atoms with Gasteiger partial charge in [0.1, 0.15) is 0 Å². The number of hydrogen-bond donors (Lipinski definition) is 0. The SMILES string of the molecule is COCCN(CCC#N)CC1CC1. The van der Waals surface area contributed by atoms with Crippen molar-refractivity contribution in [3.63, 3.8) is 0 Å². The molecule has 1 aliphatic rings.